The van der Waals surface area contributed by atoms with E-state index >= 15 is 0 Å². The molecule has 0 aliphatic rings. The smallest absolute Gasteiger partial charge is 0.0109 e. The second kappa shape index (κ2) is 6.44. The molecule has 0 bridgehead atoms. The Morgan fingerprint density at radius 2 is 0.955 bits per heavy atom. The van der Waals surface area contributed by atoms with E-state index in [1.807, 2.05) is 0 Å². The molecule has 0 amide bonds. The van der Waals surface area contributed by atoms with E-state index in [2.05, 4.69) is 79.7 Å². The topological polar surface area (TPSA) is 0 Å². The van der Waals surface area contributed by atoms with Crippen LogP contribution in [0.3, 0.4) is 0 Å². The summed E-state index contributed by atoms with van der Waals surface area (Å²) in [6.45, 7) is 18.5. The normalized spacial score (nSPS) is 12.4. The van der Waals surface area contributed by atoms with Crippen LogP contribution in [0.25, 0.3) is 10.8 Å². The highest BCUT2D eigenvalue weighted by Crippen LogP contribution is 2.40. The first-order valence-electron chi connectivity index (χ1n) is 8.84. The van der Waals surface area contributed by atoms with Gasteiger partial charge >= 0.3 is 0 Å². The van der Waals surface area contributed by atoms with Crippen LogP contribution in [0.4, 0.5) is 0 Å². The van der Waals surface area contributed by atoms with Crippen molar-refractivity contribution in [2.45, 2.75) is 79.1 Å². The molecule has 0 aliphatic heterocycles. The van der Waals surface area contributed by atoms with Gasteiger partial charge in [0.15, 0.2) is 0 Å². The summed E-state index contributed by atoms with van der Waals surface area (Å²) in [4.78, 5) is 0. The maximum absolute atomic E-state index is 2.37. The molecule has 0 aliphatic carbocycles. The van der Waals surface area contributed by atoms with Gasteiger partial charge in [0.1, 0.15) is 0 Å². The standard InChI is InChI=1S/C22H32/c1-13(2)17-9-10-19(15(5)6)22-20(17)12-11-18(14(3)4)21(22)16(7)8/h9-16H,1-8H3. The number of fused-ring (bicyclic) bond motifs is 1. The molecule has 0 saturated heterocycles. The van der Waals surface area contributed by atoms with Crippen molar-refractivity contribution >= 4 is 10.8 Å². The lowest BCUT2D eigenvalue weighted by atomic mass is 9.80. The summed E-state index contributed by atoms with van der Waals surface area (Å²) < 4.78 is 0. The SMILES string of the molecule is CC(C)c1ccc2c(C(C)C)ccc(C(C)C)c2c1C(C)C. The molecule has 22 heavy (non-hydrogen) atoms. The first kappa shape index (κ1) is 17.1. The fraction of sp³-hybridized carbons (Fsp3) is 0.545. The molecule has 2 aromatic carbocycles. The third kappa shape index (κ3) is 2.93. The van der Waals surface area contributed by atoms with Crippen molar-refractivity contribution in [3.63, 3.8) is 0 Å². The zero-order valence-electron chi connectivity index (χ0n) is 15.6. The molecule has 2 aromatic rings. The molecule has 0 radical (unpaired) electrons. The fourth-order valence-corrected chi connectivity index (χ4v) is 3.65. The van der Waals surface area contributed by atoms with Gasteiger partial charge in [-0.3, -0.25) is 0 Å². The average molecular weight is 296 g/mol. The van der Waals surface area contributed by atoms with E-state index in [0.29, 0.717) is 23.7 Å². The van der Waals surface area contributed by atoms with E-state index < -0.39 is 0 Å². The van der Waals surface area contributed by atoms with Gasteiger partial charge in [0.25, 0.3) is 0 Å². The Hall–Kier alpha value is -1.30. The van der Waals surface area contributed by atoms with Crippen LogP contribution in [0, 0.1) is 0 Å². The lowest BCUT2D eigenvalue weighted by Gasteiger charge is -2.24. The van der Waals surface area contributed by atoms with Gasteiger partial charge in [-0.25, -0.2) is 0 Å². The van der Waals surface area contributed by atoms with E-state index in [0.717, 1.165) is 0 Å². The van der Waals surface area contributed by atoms with Crippen LogP contribution >= 0.6 is 0 Å². The Bertz CT molecular complexity index is 657. The lowest BCUT2D eigenvalue weighted by Crippen LogP contribution is -2.04. The van der Waals surface area contributed by atoms with Crippen LogP contribution in [0.1, 0.15) is 101 Å². The zero-order chi connectivity index (χ0) is 16.6. The van der Waals surface area contributed by atoms with Crippen molar-refractivity contribution in [1.29, 1.82) is 0 Å². The summed E-state index contributed by atoms with van der Waals surface area (Å²) in [6, 6.07) is 9.47. The van der Waals surface area contributed by atoms with Gasteiger partial charge in [-0.1, -0.05) is 79.7 Å². The van der Waals surface area contributed by atoms with Gasteiger partial charge in [-0.2, -0.15) is 0 Å². The Balaban J connectivity index is 2.99. The summed E-state index contributed by atoms with van der Waals surface area (Å²) in [5.74, 6) is 2.25. The minimum absolute atomic E-state index is 0.556. The van der Waals surface area contributed by atoms with Gasteiger partial charge in [0.05, 0.1) is 0 Å². The third-order valence-corrected chi connectivity index (χ3v) is 4.76. The van der Waals surface area contributed by atoms with Crippen molar-refractivity contribution < 1.29 is 0 Å². The van der Waals surface area contributed by atoms with Gasteiger partial charge in [0, 0.05) is 0 Å². The van der Waals surface area contributed by atoms with E-state index in [-0.39, 0.29) is 0 Å². The first-order valence-corrected chi connectivity index (χ1v) is 8.84. The second-order valence-corrected chi connectivity index (χ2v) is 7.85. The van der Waals surface area contributed by atoms with Crippen molar-refractivity contribution in [1.82, 2.24) is 0 Å². The molecular weight excluding hydrogens is 264 g/mol. The largest absolute Gasteiger partial charge is 0.0587 e. The number of hydrogen-bond acceptors (Lipinski definition) is 0. The third-order valence-electron chi connectivity index (χ3n) is 4.76. The predicted octanol–water partition coefficient (Wildman–Crippen LogP) is 7.33. The fourth-order valence-electron chi connectivity index (χ4n) is 3.65. The number of hydrogen-bond donors (Lipinski definition) is 0. The summed E-state index contributed by atoms with van der Waals surface area (Å²) in [6.07, 6.45) is 0. The predicted molar refractivity (Wildman–Crippen MR) is 100 cm³/mol. The van der Waals surface area contributed by atoms with E-state index in [1.54, 1.807) is 5.56 Å². The Morgan fingerprint density at radius 1 is 0.500 bits per heavy atom. The average Bonchev–Trinajstić information content (AvgIpc) is 2.43. The Labute approximate surface area is 136 Å². The monoisotopic (exact) mass is 296 g/mol. The molecule has 0 unspecified atom stereocenters. The zero-order valence-corrected chi connectivity index (χ0v) is 15.6. The minimum Gasteiger partial charge on any atom is -0.0587 e. The van der Waals surface area contributed by atoms with E-state index in [1.165, 1.54) is 27.5 Å². The van der Waals surface area contributed by atoms with Gasteiger partial charge < -0.3 is 0 Å². The van der Waals surface area contributed by atoms with Crippen molar-refractivity contribution in [2.24, 2.45) is 0 Å². The van der Waals surface area contributed by atoms with Gasteiger partial charge in [0.2, 0.25) is 0 Å². The summed E-state index contributed by atoms with van der Waals surface area (Å²) in [7, 11) is 0. The van der Waals surface area contributed by atoms with Crippen LogP contribution in [0.15, 0.2) is 24.3 Å². The maximum Gasteiger partial charge on any atom is -0.0109 e. The maximum atomic E-state index is 2.37. The summed E-state index contributed by atoms with van der Waals surface area (Å²) >= 11 is 0. The Kier molecular flexibility index (Phi) is 5.00. The molecule has 0 saturated carbocycles. The van der Waals surface area contributed by atoms with Crippen LogP contribution in [0.2, 0.25) is 0 Å². The molecule has 0 nitrogen and oxygen atoms in total. The van der Waals surface area contributed by atoms with E-state index in [4.69, 9.17) is 0 Å². The highest BCUT2D eigenvalue weighted by atomic mass is 14.2. The molecule has 0 N–H and O–H groups in total. The van der Waals surface area contributed by atoms with E-state index in [9.17, 15) is 0 Å². The Morgan fingerprint density at radius 3 is 1.41 bits per heavy atom. The van der Waals surface area contributed by atoms with Crippen LogP contribution in [-0.2, 0) is 0 Å². The molecule has 0 fully saturated rings. The molecular formula is C22H32. The van der Waals surface area contributed by atoms with Crippen LogP contribution in [-0.4, -0.2) is 0 Å². The summed E-state index contributed by atoms with van der Waals surface area (Å²) in [5.41, 5.74) is 6.08. The minimum atomic E-state index is 0.556. The second-order valence-electron chi connectivity index (χ2n) is 7.85. The van der Waals surface area contributed by atoms with Crippen molar-refractivity contribution in [3.05, 3.63) is 46.5 Å². The summed E-state index contributed by atoms with van der Waals surface area (Å²) in [5, 5.41) is 3.00. The molecule has 0 heteroatoms. The molecule has 0 aromatic heterocycles. The van der Waals surface area contributed by atoms with Gasteiger partial charge in [-0.15, -0.1) is 0 Å². The first-order chi connectivity index (χ1) is 10.3. The van der Waals surface area contributed by atoms with Crippen molar-refractivity contribution in [2.75, 3.05) is 0 Å². The number of rotatable bonds is 4. The molecule has 0 spiro atoms. The van der Waals surface area contributed by atoms with Gasteiger partial charge in [-0.05, 0) is 56.7 Å². The quantitative estimate of drug-likeness (QED) is 0.554. The molecule has 2 rings (SSSR count). The highest BCUT2D eigenvalue weighted by molar-refractivity contribution is 5.93. The molecule has 120 valence electrons. The van der Waals surface area contributed by atoms with Crippen LogP contribution < -0.4 is 0 Å². The highest BCUT2D eigenvalue weighted by Gasteiger charge is 2.19. The number of benzene rings is 2. The van der Waals surface area contributed by atoms with Crippen molar-refractivity contribution in [3.8, 4) is 0 Å². The lowest BCUT2D eigenvalue weighted by molar-refractivity contribution is 0.792. The van der Waals surface area contributed by atoms with Crippen LogP contribution in [0.5, 0.6) is 0 Å². The molecule has 0 heterocycles. The molecule has 0 atom stereocenters.